The Morgan fingerprint density at radius 1 is 1.30 bits per heavy atom. The van der Waals surface area contributed by atoms with E-state index in [0.29, 0.717) is 17.2 Å². The van der Waals surface area contributed by atoms with Crippen LogP contribution < -0.4 is 10.5 Å². The van der Waals surface area contributed by atoms with Crippen molar-refractivity contribution in [3.8, 4) is 0 Å². The van der Waals surface area contributed by atoms with E-state index in [1.807, 2.05) is 0 Å². The lowest BCUT2D eigenvalue weighted by molar-refractivity contribution is 0.463. The maximum Gasteiger partial charge on any atom is 0.243 e. The quantitative estimate of drug-likeness (QED) is 0.836. The molecule has 108 valence electrons. The minimum Gasteiger partial charge on any atom is -0.444 e. The average molecular weight is 295 g/mol. The van der Waals surface area contributed by atoms with Crippen LogP contribution in [0.25, 0.3) is 0 Å². The predicted molar refractivity (Wildman–Crippen MR) is 75.6 cm³/mol. The number of oxazole rings is 1. The first kappa shape index (κ1) is 14.5. The second-order valence-corrected chi connectivity index (χ2v) is 6.27. The van der Waals surface area contributed by atoms with Crippen LogP contribution in [0, 0.1) is 20.8 Å². The second kappa shape index (κ2) is 5.26. The van der Waals surface area contributed by atoms with Gasteiger partial charge in [0.05, 0.1) is 17.9 Å². The lowest BCUT2D eigenvalue weighted by Gasteiger charge is -2.10. The molecule has 0 fully saturated rings. The Morgan fingerprint density at radius 3 is 2.55 bits per heavy atom. The van der Waals surface area contributed by atoms with E-state index in [4.69, 9.17) is 10.2 Å². The van der Waals surface area contributed by atoms with E-state index >= 15 is 0 Å². The van der Waals surface area contributed by atoms with Gasteiger partial charge in [0.15, 0.2) is 0 Å². The third kappa shape index (κ3) is 2.83. The number of sulfonamides is 1. The molecule has 0 atom stereocenters. The number of nitrogens with one attached hydrogen (secondary N) is 1. The minimum atomic E-state index is -3.70. The third-order valence-corrected chi connectivity index (χ3v) is 4.62. The first-order chi connectivity index (χ1) is 9.31. The number of aryl methyl sites for hydroxylation is 3. The summed E-state index contributed by atoms with van der Waals surface area (Å²) in [5.41, 5.74) is 7.31. The van der Waals surface area contributed by atoms with Gasteiger partial charge >= 0.3 is 0 Å². The van der Waals surface area contributed by atoms with Gasteiger partial charge in [-0.1, -0.05) is 12.1 Å². The molecule has 0 bridgehead atoms. The summed E-state index contributed by atoms with van der Waals surface area (Å²) in [5.74, 6) is 1.00. The molecule has 3 N–H and O–H groups in total. The molecule has 1 aromatic heterocycles. The molecule has 7 heteroatoms. The fourth-order valence-corrected chi connectivity index (χ4v) is 3.21. The summed E-state index contributed by atoms with van der Waals surface area (Å²) in [6, 6.07) is 4.97. The van der Waals surface area contributed by atoms with E-state index in [0.717, 1.165) is 5.69 Å². The first-order valence-corrected chi connectivity index (χ1v) is 7.57. The SMILES string of the molecule is Cc1cccc(N)c1S(=O)(=O)NCc1nc(C)c(C)o1. The Bertz CT molecular complexity index is 696. The maximum atomic E-state index is 12.3. The smallest absolute Gasteiger partial charge is 0.243 e. The fourth-order valence-electron chi connectivity index (χ4n) is 1.89. The topological polar surface area (TPSA) is 98.2 Å². The molecule has 2 aromatic rings. The number of nitrogens with zero attached hydrogens (tertiary/aromatic N) is 1. The molecule has 0 saturated heterocycles. The number of anilines is 1. The van der Waals surface area contributed by atoms with E-state index in [1.54, 1.807) is 39.0 Å². The second-order valence-electron chi connectivity index (χ2n) is 4.57. The van der Waals surface area contributed by atoms with Crippen LogP contribution in [0.1, 0.15) is 22.9 Å². The first-order valence-electron chi connectivity index (χ1n) is 6.09. The molecule has 0 spiro atoms. The molecule has 0 radical (unpaired) electrons. The molecule has 0 amide bonds. The van der Waals surface area contributed by atoms with Crippen molar-refractivity contribution in [1.82, 2.24) is 9.71 Å². The molecule has 6 nitrogen and oxygen atoms in total. The standard InChI is InChI=1S/C13H17N3O3S/c1-8-5-4-6-11(14)13(8)20(17,18)15-7-12-16-9(2)10(3)19-12/h4-6,15H,7,14H2,1-3H3. The van der Waals surface area contributed by atoms with Crippen LogP contribution >= 0.6 is 0 Å². The highest BCUT2D eigenvalue weighted by atomic mass is 32.2. The van der Waals surface area contributed by atoms with Crippen molar-refractivity contribution in [3.05, 3.63) is 41.1 Å². The number of aromatic nitrogens is 1. The molecular formula is C13H17N3O3S. The summed E-state index contributed by atoms with van der Waals surface area (Å²) in [5, 5.41) is 0. The van der Waals surface area contributed by atoms with Crippen LogP contribution in [0.3, 0.4) is 0 Å². The van der Waals surface area contributed by atoms with E-state index in [1.165, 1.54) is 0 Å². The summed E-state index contributed by atoms with van der Waals surface area (Å²) in [6.45, 7) is 5.27. The van der Waals surface area contributed by atoms with Crippen molar-refractivity contribution in [1.29, 1.82) is 0 Å². The van der Waals surface area contributed by atoms with Crippen LogP contribution in [0.5, 0.6) is 0 Å². The number of hydrogen-bond acceptors (Lipinski definition) is 5. The van der Waals surface area contributed by atoms with E-state index in [9.17, 15) is 8.42 Å². The fraction of sp³-hybridized carbons (Fsp3) is 0.308. The molecule has 0 aliphatic carbocycles. The molecule has 0 unspecified atom stereocenters. The van der Waals surface area contributed by atoms with Gasteiger partial charge in [0.25, 0.3) is 0 Å². The van der Waals surface area contributed by atoms with Crippen molar-refractivity contribution in [2.45, 2.75) is 32.2 Å². The Labute approximate surface area is 118 Å². The normalized spacial score (nSPS) is 11.8. The van der Waals surface area contributed by atoms with Crippen LogP contribution in [-0.2, 0) is 16.6 Å². The lowest BCUT2D eigenvalue weighted by atomic mass is 10.2. The zero-order chi connectivity index (χ0) is 14.9. The van der Waals surface area contributed by atoms with Crippen molar-refractivity contribution in [2.75, 3.05) is 5.73 Å². The molecule has 0 aliphatic heterocycles. The van der Waals surface area contributed by atoms with Crippen molar-refractivity contribution in [2.24, 2.45) is 0 Å². The van der Waals surface area contributed by atoms with Crippen LogP contribution in [0.4, 0.5) is 5.69 Å². The largest absolute Gasteiger partial charge is 0.444 e. The lowest BCUT2D eigenvalue weighted by Crippen LogP contribution is -2.25. The summed E-state index contributed by atoms with van der Waals surface area (Å²) in [4.78, 5) is 4.22. The molecular weight excluding hydrogens is 278 g/mol. The van der Waals surface area contributed by atoms with Gasteiger partial charge in [0, 0.05) is 0 Å². The van der Waals surface area contributed by atoms with Gasteiger partial charge in [-0.3, -0.25) is 0 Å². The van der Waals surface area contributed by atoms with E-state index in [-0.39, 0.29) is 17.1 Å². The summed E-state index contributed by atoms with van der Waals surface area (Å²) >= 11 is 0. The Kier molecular flexibility index (Phi) is 3.82. The van der Waals surface area contributed by atoms with Gasteiger partial charge in [-0.2, -0.15) is 0 Å². The van der Waals surface area contributed by atoms with Gasteiger partial charge in [-0.15, -0.1) is 0 Å². The van der Waals surface area contributed by atoms with Crippen LogP contribution in [-0.4, -0.2) is 13.4 Å². The number of hydrogen-bond donors (Lipinski definition) is 2. The zero-order valence-corrected chi connectivity index (χ0v) is 12.4. The number of benzene rings is 1. The highest BCUT2D eigenvalue weighted by Crippen LogP contribution is 2.22. The summed E-state index contributed by atoms with van der Waals surface area (Å²) in [7, 11) is -3.70. The number of nitrogens with two attached hydrogens (primary N) is 1. The van der Waals surface area contributed by atoms with E-state index in [2.05, 4.69) is 9.71 Å². The van der Waals surface area contributed by atoms with Gasteiger partial charge in [0.1, 0.15) is 10.7 Å². The van der Waals surface area contributed by atoms with Crippen molar-refractivity contribution in [3.63, 3.8) is 0 Å². The van der Waals surface area contributed by atoms with Gasteiger partial charge in [0.2, 0.25) is 15.9 Å². The third-order valence-electron chi connectivity index (χ3n) is 3.00. The maximum absolute atomic E-state index is 12.3. The molecule has 1 heterocycles. The number of nitrogen functional groups attached to an aromatic ring is 1. The van der Waals surface area contributed by atoms with Crippen molar-refractivity contribution < 1.29 is 12.8 Å². The minimum absolute atomic E-state index is 0.00914. The monoisotopic (exact) mass is 295 g/mol. The zero-order valence-electron chi connectivity index (χ0n) is 11.6. The van der Waals surface area contributed by atoms with Gasteiger partial charge in [-0.25, -0.2) is 18.1 Å². The highest BCUT2D eigenvalue weighted by Gasteiger charge is 2.20. The van der Waals surface area contributed by atoms with Crippen molar-refractivity contribution >= 4 is 15.7 Å². The Hall–Kier alpha value is -1.86. The van der Waals surface area contributed by atoms with Crippen LogP contribution in [0.15, 0.2) is 27.5 Å². The van der Waals surface area contributed by atoms with Crippen LogP contribution in [0.2, 0.25) is 0 Å². The Balaban J connectivity index is 2.24. The average Bonchev–Trinajstić information content (AvgIpc) is 2.66. The molecule has 0 saturated carbocycles. The predicted octanol–water partition coefficient (Wildman–Crippen LogP) is 1.66. The molecule has 20 heavy (non-hydrogen) atoms. The van der Waals surface area contributed by atoms with E-state index < -0.39 is 10.0 Å². The molecule has 2 rings (SSSR count). The highest BCUT2D eigenvalue weighted by molar-refractivity contribution is 7.89. The molecule has 0 aliphatic rings. The van der Waals surface area contributed by atoms with Gasteiger partial charge in [-0.05, 0) is 32.4 Å². The van der Waals surface area contributed by atoms with Gasteiger partial charge < -0.3 is 10.2 Å². The summed E-state index contributed by atoms with van der Waals surface area (Å²) < 4.78 is 32.3. The Morgan fingerprint density at radius 2 is 2.00 bits per heavy atom. The molecule has 1 aromatic carbocycles. The summed E-state index contributed by atoms with van der Waals surface area (Å²) in [6.07, 6.45) is 0. The number of rotatable bonds is 4.